The molecule has 0 radical (unpaired) electrons. The van der Waals surface area contributed by atoms with Gasteiger partial charge in [-0.2, -0.15) is 0 Å². The third-order valence-electron chi connectivity index (χ3n) is 2.76. The van der Waals surface area contributed by atoms with E-state index in [1.165, 1.54) is 11.3 Å². The van der Waals surface area contributed by atoms with E-state index in [4.69, 9.17) is 4.74 Å². The number of ether oxygens (including phenoxy) is 1. The topological polar surface area (TPSA) is 56.1 Å². The van der Waals surface area contributed by atoms with Gasteiger partial charge in [0.05, 0.1) is 11.3 Å². The molecule has 19 heavy (non-hydrogen) atoms. The van der Waals surface area contributed by atoms with Crippen LogP contribution >= 0.6 is 11.3 Å². The van der Waals surface area contributed by atoms with Gasteiger partial charge in [0.15, 0.2) is 5.13 Å². The molecule has 0 fully saturated rings. The number of anilines is 1. The molecule has 0 aliphatic carbocycles. The molecule has 2 aromatic heterocycles. The number of thiazole rings is 1. The van der Waals surface area contributed by atoms with E-state index >= 15 is 0 Å². The van der Waals surface area contributed by atoms with Crippen molar-refractivity contribution in [2.45, 2.75) is 13.0 Å². The molecule has 102 valence electrons. The van der Waals surface area contributed by atoms with Crippen LogP contribution in [0, 0.1) is 0 Å². The van der Waals surface area contributed by atoms with Crippen LogP contribution in [-0.2, 0) is 11.3 Å². The number of aromatic nitrogens is 2. The van der Waals surface area contributed by atoms with Crippen molar-refractivity contribution in [1.29, 1.82) is 0 Å². The summed E-state index contributed by atoms with van der Waals surface area (Å²) in [5, 5.41) is 5.68. The Morgan fingerprint density at radius 3 is 3.05 bits per heavy atom. The normalized spacial score (nSPS) is 10.6. The Bertz CT molecular complexity index is 592. The van der Waals surface area contributed by atoms with Gasteiger partial charge >= 0.3 is 0 Å². The molecule has 6 heteroatoms. The minimum Gasteiger partial charge on any atom is -0.385 e. The number of methoxy groups -OCH3 is 1. The third kappa shape index (κ3) is 3.21. The predicted octanol–water partition coefficient (Wildman–Crippen LogP) is 2.05. The lowest BCUT2D eigenvalue weighted by Crippen LogP contribution is -2.21. The highest BCUT2D eigenvalue weighted by Crippen LogP contribution is 2.21. The smallest absolute Gasteiger partial charge is 0.260 e. The van der Waals surface area contributed by atoms with Gasteiger partial charge in [-0.05, 0) is 18.6 Å². The van der Waals surface area contributed by atoms with Crippen molar-refractivity contribution in [3.05, 3.63) is 34.1 Å². The summed E-state index contributed by atoms with van der Waals surface area (Å²) in [4.78, 5) is 16.7. The Labute approximate surface area is 115 Å². The zero-order chi connectivity index (χ0) is 13.7. The van der Waals surface area contributed by atoms with E-state index in [9.17, 15) is 4.79 Å². The maximum Gasteiger partial charge on any atom is 0.260 e. The van der Waals surface area contributed by atoms with E-state index in [0.717, 1.165) is 17.2 Å². The molecule has 0 saturated carbocycles. The van der Waals surface area contributed by atoms with Gasteiger partial charge in [0, 0.05) is 38.9 Å². The van der Waals surface area contributed by atoms with Crippen LogP contribution in [0.1, 0.15) is 6.42 Å². The van der Waals surface area contributed by atoms with Crippen LogP contribution in [0.15, 0.2) is 28.5 Å². The van der Waals surface area contributed by atoms with Crippen LogP contribution in [-0.4, -0.2) is 30.3 Å². The summed E-state index contributed by atoms with van der Waals surface area (Å²) in [5.41, 5.74) is 1.35. The molecule has 5 nitrogen and oxygen atoms in total. The summed E-state index contributed by atoms with van der Waals surface area (Å²) in [5.74, 6) is 0. The molecule has 2 aromatic rings. The minimum atomic E-state index is -0.00782. The Hall–Kier alpha value is -1.66. The molecule has 0 aromatic carbocycles. The summed E-state index contributed by atoms with van der Waals surface area (Å²) in [6, 6.07) is 3.69. The first kappa shape index (κ1) is 13.8. The second-order valence-electron chi connectivity index (χ2n) is 4.05. The first-order chi connectivity index (χ1) is 9.26. The average Bonchev–Trinajstić information content (AvgIpc) is 2.89. The highest BCUT2D eigenvalue weighted by atomic mass is 32.1. The third-order valence-corrected chi connectivity index (χ3v) is 3.62. The van der Waals surface area contributed by atoms with Crippen molar-refractivity contribution in [1.82, 2.24) is 9.55 Å². The monoisotopic (exact) mass is 279 g/mol. The van der Waals surface area contributed by atoms with Crippen molar-refractivity contribution in [2.24, 2.45) is 0 Å². The van der Waals surface area contributed by atoms with E-state index in [2.05, 4.69) is 10.3 Å². The lowest BCUT2D eigenvalue weighted by molar-refractivity contribution is 0.190. The van der Waals surface area contributed by atoms with Gasteiger partial charge in [0.1, 0.15) is 0 Å². The summed E-state index contributed by atoms with van der Waals surface area (Å²) < 4.78 is 6.70. The van der Waals surface area contributed by atoms with E-state index in [-0.39, 0.29) is 5.56 Å². The van der Waals surface area contributed by atoms with Crippen LogP contribution in [0.3, 0.4) is 0 Å². The van der Waals surface area contributed by atoms with Gasteiger partial charge in [-0.25, -0.2) is 4.98 Å². The van der Waals surface area contributed by atoms with Crippen LogP contribution in [0.25, 0.3) is 11.3 Å². The maximum absolute atomic E-state index is 12.3. The SMILES string of the molecule is CNc1nc(-c2cccn(CCCOC)c2=O)cs1. The maximum atomic E-state index is 12.3. The second-order valence-corrected chi connectivity index (χ2v) is 4.91. The molecule has 0 saturated heterocycles. The number of nitrogens with one attached hydrogen (secondary N) is 1. The Morgan fingerprint density at radius 1 is 1.53 bits per heavy atom. The molecule has 0 spiro atoms. The first-order valence-corrected chi connectivity index (χ1v) is 6.96. The molecule has 0 bridgehead atoms. The van der Waals surface area contributed by atoms with Crippen LogP contribution in [0.4, 0.5) is 5.13 Å². The van der Waals surface area contributed by atoms with Gasteiger partial charge in [-0.3, -0.25) is 4.79 Å². The fraction of sp³-hybridized carbons (Fsp3) is 0.385. The van der Waals surface area contributed by atoms with Gasteiger partial charge < -0.3 is 14.6 Å². The van der Waals surface area contributed by atoms with Crippen LogP contribution in [0.5, 0.6) is 0 Å². The Balaban J connectivity index is 2.26. The van der Waals surface area contributed by atoms with E-state index in [0.29, 0.717) is 18.7 Å². The summed E-state index contributed by atoms with van der Waals surface area (Å²) in [7, 11) is 3.48. The zero-order valence-corrected chi connectivity index (χ0v) is 11.9. The highest BCUT2D eigenvalue weighted by Gasteiger charge is 2.09. The summed E-state index contributed by atoms with van der Waals surface area (Å²) in [6.45, 7) is 1.31. The summed E-state index contributed by atoms with van der Waals surface area (Å²) in [6.07, 6.45) is 2.62. The molecule has 0 atom stereocenters. The molecule has 1 N–H and O–H groups in total. The standard InChI is InChI=1S/C13H17N3O2S/c1-14-13-15-11(9-19-13)10-5-3-6-16(12(10)17)7-4-8-18-2/h3,5-6,9H,4,7-8H2,1-2H3,(H,14,15). The van der Waals surface area contributed by atoms with Crippen molar-refractivity contribution >= 4 is 16.5 Å². The molecule has 2 rings (SSSR count). The molecule has 0 aliphatic heterocycles. The number of aryl methyl sites for hydroxylation is 1. The number of hydrogen-bond acceptors (Lipinski definition) is 5. The first-order valence-electron chi connectivity index (χ1n) is 6.08. The molecular formula is C13H17N3O2S. The number of pyridine rings is 1. The quantitative estimate of drug-likeness (QED) is 0.822. The van der Waals surface area contributed by atoms with Gasteiger partial charge in [0.25, 0.3) is 5.56 Å². The Kier molecular flexibility index (Phi) is 4.70. The Morgan fingerprint density at radius 2 is 2.37 bits per heavy atom. The van der Waals surface area contributed by atoms with Gasteiger partial charge in [-0.15, -0.1) is 11.3 Å². The largest absolute Gasteiger partial charge is 0.385 e. The molecule has 0 unspecified atom stereocenters. The fourth-order valence-corrected chi connectivity index (χ4v) is 2.47. The predicted molar refractivity (Wildman–Crippen MR) is 77.8 cm³/mol. The second kappa shape index (κ2) is 6.49. The lowest BCUT2D eigenvalue weighted by Gasteiger charge is -2.06. The van der Waals surface area contributed by atoms with Crippen molar-refractivity contribution < 1.29 is 4.74 Å². The van der Waals surface area contributed by atoms with E-state index < -0.39 is 0 Å². The van der Waals surface area contributed by atoms with Crippen LogP contribution in [0.2, 0.25) is 0 Å². The highest BCUT2D eigenvalue weighted by molar-refractivity contribution is 7.14. The number of hydrogen-bond donors (Lipinski definition) is 1. The van der Waals surface area contributed by atoms with E-state index in [1.807, 2.05) is 24.6 Å². The van der Waals surface area contributed by atoms with Crippen molar-refractivity contribution in [3.63, 3.8) is 0 Å². The zero-order valence-electron chi connectivity index (χ0n) is 11.0. The van der Waals surface area contributed by atoms with Crippen molar-refractivity contribution in [2.75, 3.05) is 26.1 Å². The summed E-state index contributed by atoms with van der Waals surface area (Å²) >= 11 is 1.49. The lowest BCUT2D eigenvalue weighted by atomic mass is 10.2. The fourth-order valence-electron chi connectivity index (χ4n) is 1.80. The number of nitrogens with zero attached hydrogens (tertiary/aromatic N) is 2. The van der Waals surface area contributed by atoms with E-state index in [1.54, 1.807) is 17.9 Å². The van der Waals surface area contributed by atoms with Gasteiger partial charge in [-0.1, -0.05) is 0 Å². The molecular weight excluding hydrogens is 262 g/mol. The van der Waals surface area contributed by atoms with Crippen LogP contribution < -0.4 is 10.9 Å². The molecule has 2 heterocycles. The molecule has 0 aliphatic rings. The molecule has 0 amide bonds. The minimum absolute atomic E-state index is 0.00782. The number of rotatable bonds is 6. The van der Waals surface area contributed by atoms with Gasteiger partial charge in [0.2, 0.25) is 0 Å². The average molecular weight is 279 g/mol. The van der Waals surface area contributed by atoms with Crippen molar-refractivity contribution in [3.8, 4) is 11.3 Å².